The van der Waals surface area contributed by atoms with Crippen molar-refractivity contribution < 1.29 is 14.1 Å². The number of hydrogen-bond acceptors (Lipinski definition) is 3. The van der Waals surface area contributed by atoms with Crippen LogP contribution in [-0.2, 0) is 4.79 Å². The summed E-state index contributed by atoms with van der Waals surface area (Å²) in [7, 11) is 0. The van der Waals surface area contributed by atoms with Gasteiger partial charge in [0.15, 0.2) is 0 Å². The van der Waals surface area contributed by atoms with Crippen LogP contribution in [0.3, 0.4) is 0 Å². The number of hydrogen-bond donors (Lipinski definition) is 1. The van der Waals surface area contributed by atoms with E-state index in [2.05, 4.69) is 5.32 Å². The maximum Gasteiger partial charge on any atom is 0.293 e. The highest BCUT2D eigenvalue weighted by Crippen LogP contribution is 2.25. The second-order valence-corrected chi connectivity index (χ2v) is 4.65. The van der Waals surface area contributed by atoms with Gasteiger partial charge in [0.2, 0.25) is 5.91 Å². The van der Waals surface area contributed by atoms with E-state index < -0.39 is 10.8 Å². The van der Waals surface area contributed by atoms with E-state index in [-0.39, 0.29) is 17.2 Å². The van der Waals surface area contributed by atoms with Crippen LogP contribution in [0.5, 0.6) is 0 Å². The molecule has 0 bridgehead atoms. The highest BCUT2D eigenvalue weighted by Gasteiger charge is 2.14. The number of nitrogens with one attached hydrogen (secondary N) is 1. The summed E-state index contributed by atoms with van der Waals surface area (Å²) in [6.07, 6.45) is 2.73. The van der Waals surface area contributed by atoms with Crippen LogP contribution in [-0.4, -0.2) is 10.8 Å². The fraction of sp³-hybridized carbons (Fsp3) is 0.0625. The van der Waals surface area contributed by atoms with Crippen molar-refractivity contribution in [2.45, 2.75) is 6.92 Å². The van der Waals surface area contributed by atoms with Gasteiger partial charge in [0.25, 0.3) is 5.69 Å². The number of benzene rings is 2. The summed E-state index contributed by atoms with van der Waals surface area (Å²) in [5, 5.41) is 13.4. The van der Waals surface area contributed by atoms with E-state index in [1.807, 2.05) is 0 Å². The lowest BCUT2D eigenvalue weighted by atomic mass is 10.2. The molecule has 0 aromatic heterocycles. The summed E-state index contributed by atoms with van der Waals surface area (Å²) < 4.78 is 12.8. The number of nitrogens with zero attached hydrogens (tertiary/aromatic N) is 1. The molecule has 0 saturated heterocycles. The first-order valence-electron chi connectivity index (χ1n) is 6.45. The highest BCUT2D eigenvalue weighted by molar-refractivity contribution is 6.03. The van der Waals surface area contributed by atoms with Crippen LogP contribution in [0.4, 0.5) is 15.8 Å². The Kier molecular flexibility index (Phi) is 4.63. The number of amides is 1. The molecule has 0 radical (unpaired) electrons. The summed E-state index contributed by atoms with van der Waals surface area (Å²) in [4.78, 5) is 22.2. The Morgan fingerprint density at radius 2 is 1.91 bits per heavy atom. The Bertz CT molecular complexity index is 740. The van der Waals surface area contributed by atoms with Crippen LogP contribution in [0.2, 0.25) is 0 Å². The Morgan fingerprint density at radius 3 is 2.55 bits per heavy atom. The number of halogens is 1. The second kappa shape index (κ2) is 6.62. The number of carbonyl (C=O) groups is 1. The average Bonchev–Trinajstić information content (AvgIpc) is 2.48. The minimum atomic E-state index is -0.549. The number of anilines is 1. The summed E-state index contributed by atoms with van der Waals surface area (Å²) in [6.45, 7) is 1.73. The van der Waals surface area contributed by atoms with Crippen molar-refractivity contribution in [3.8, 4) is 0 Å². The van der Waals surface area contributed by atoms with Crippen molar-refractivity contribution in [2.24, 2.45) is 0 Å². The van der Waals surface area contributed by atoms with Gasteiger partial charge in [-0.15, -0.1) is 0 Å². The summed E-state index contributed by atoms with van der Waals surface area (Å²) in [6, 6.07) is 10.1. The fourth-order valence-corrected chi connectivity index (χ4v) is 1.82. The lowest BCUT2D eigenvalue weighted by Crippen LogP contribution is -2.09. The lowest BCUT2D eigenvalue weighted by molar-refractivity contribution is -0.384. The molecular formula is C16H13FN2O3. The van der Waals surface area contributed by atoms with Crippen molar-refractivity contribution >= 4 is 23.4 Å². The van der Waals surface area contributed by atoms with Gasteiger partial charge in [-0.3, -0.25) is 14.9 Å². The molecule has 2 aromatic rings. The molecule has 112 valence electrons. The van der Waals surface area contributed by atoms with Crippen molar-refractivity contribution in [3.05, 3.63) is 75.6 Å². The van der Waals surface area contributed by atoms with Gasteiger partial charge in [-0.2, -0.15) is 0 Å². The third-order valence-corrected chi connectivity index (χ3v) is 2.90. The van der Waals surface area contributed by atoms with Crippen LogP contribution in [0.1, 0.15) is 11.1 Å². The normalized spacial score (nSPS) is 10.6. The molecule has 1 N–H and O–H groups in total. The van der Waals surface area contributed by atoms with E-state index in [9.17, 15) is 19.3 Å². The molecule has 0 heterocycles. The molecule has 6 heteroatoms. The molecule has 2 rings (SSSR count). The van der Waals surface area contributed by atoms with Gasteiger partial charge in [-0.25, -0.2) is 4.39 Å². The van der Waals surface area contributed by atoms with Gasteiger partial charge >= 0.3 is 0 Å². The van der Waals surface area contributed by atoms with Gasteiger partial charge in [0.05, 0.1) is 4.92 Å². The zero-order valence-electron chi connectivity index (χ0n) is 11.7. The zero-order valence-corrected chi connectivity index (χ0v) is 11.7. The van der Waals surface area contributed by atoms with Crippen LogP contribution in [0.15, 0.2) is 48.5 Å². The number of aryl methyl sites for hydroxylation is 1. The third kappa shape index (κ3) is 3.99. The highest BCUT2D eigenvalue weighted by atomic mass is 19.1. The molecule has 2 aromatic carbocycles. The largest absolute Gasteiger partial charge is 0.317 e. The molecule has 5 nitrogen and oxygen atoms in total. The first kappa shape index (κ1) is 15.4. The maximum absolute atomic E-state index is 12.8. The second-order valence-electron chi connectivity index (χ2n) is 4.65. The Labute approximate surface area is 126 Å². The molecule has 0 atom stereocenters. The van der Waals surface area contributed by atoms with Gasteiger partial charge in [-0.1, -0.05) is 18.2 Å². The quantitative estimate of drug-likeness (QED) is 0.531. The number of rotatable bonds is 4. The zero-order chi connectivity index (χ0) is 16.1. The molecule has 1 amide bonds. The van der Waals surface area contributed by atoms with Crippen molar-refractivity contribution in [2.75, 3.05) is 5.32 Å². The fourth-order valence-electron chi connectivity index (χ4n) is 1.82. The van der Waals surface area contributed by atoms with Gasteiger partial charge in [-0.05, 0) is 42.3 Å². The SMILES string of the molecule is Cc1ccc(NC(=O)/C=C/c2ccc(F)cc2)c([N+](=O)[O-])c1. The molecule has 22 heavy (non-hydrogen) atoms. The molecule has 0 aliphatic carbocycles. The summed E-state index contributed by atoms with van der Waals surface area (Å²) >= 11 is 0. The molecular weight excluding hydrogens is 287 g/mol. The van der Waals surface area contributed by atoms with Crippen LogP contribution >= 0.6 is 0 Å². The standard InChI is InChI=1S/C16H13FN2O3/c1-11-2-8-14(15(10-11)19(21)22)18-16(20)9-5-12-3-6-13(17)7-4-12/h2-10H,1H3,(H,18,20)/b9-5+. The number of carbonyl (C=O) groups excluding carboxylic acids is 1. The number of nitro groups is 1. The van der Waals surface area contributed by atoms with E-state index in [0.29, 0.717) is 5.56 Å². The van der Waals surface area contributed by atoms with Crippen molar-refractivity contribution in [3.63, 3.8) is 0 Å². The van der Waals surface area contributed by atoms with Gasteiger partial charge < -0.3 is 5.32 Å². The minimum Gasteiger partial charge on any atom is -0.317 e. The number of nitro benzene ring substituents is 1. The first-order valence-corrected chi connectivity index (χ1v) is 6.45. The predicted molar refractivity (Wildman–Crippen MR) is 81.9 cm³/mol. The average molecular weight is 300 g/mol. The monoisotopic (exact) mass is 300 g/mol. The first-order chi connectivity index (χ1) is 10.5. The van der Waals surface area contributed by atoms with Crippen LogP contribution in [0.25, 0.3) is 6.08 Å². The van der Waals surface area contributed by atoms with Crippen LogP contribution in [0, 0.1) is 22.9 Å². The van der Waals surface area contributed by atoms with E-state index in [4.69, 9.17) is 0 Å². The van der Waals surface area contributed by atoms with E-state index in [1.54, 1.807) is 13.0 Å². The topological polar surface area (TPSA) is 72.2 Å². The molecule has 0 aliphatic rings. The molecule has 0 spiro atoms. The lowest BCUT2D eigenvalue weighted by Gasteiger charge is -2.04. The van der Waals surface area contributed by atoms with E-state index in [0.717, 1.165) is 5.56 Å². The minimum absolute atomic E-state index is 0.129. The molecule has 0 fully saturated rings. The van der Waals surface area contributed by atoms with Crippen molar-refractivity contribution in [1.82, 2.24) is 0 Å². The Morgan fingerprint density at radius 1 is 1.23 bits per heavy atom. The van der Waals surface area contributed by atoms with Crippen LogP contribution < -0.4 is 5.32 Å². The van der Waals surface area contributed by atoms with Crippen molar-refractivity contribution in [1.29, 1.82) is 0 Å². The van der Waals surface area contributed by atoms with Gasteiger partial charge in [0.1, 0.15) is 11.5 Å². The molecule has 0 saturated carbocycles. The smallest absolute Gasteiger partial charge is 0.293 e. The summed E-state index contributed by atoms with van der Waals surface area (Å²) in [5.41, 5.74) is 1.34. The Hall–Kier alpha value is -3.02. The maximum atomic E-state index is 12.8. The molecule has 0 aliphatic heterocycles. The Balaban J connectivity index is 2.12. The van der Waals surface area contributed by atoms with Gasteiger partial charge in [0, 0.05) is 12.1 Å². The third-order valence-electron chi connectivity index (χ3n) is 2.90. The molecule has 0 unspecified atom stereocenters. The van der Waals surface area contributed by atoms with E-state index in [1.165, 1.54) is 48.6 Å². The van der Waals surface area contributed by atoms with E-state index >= 15 is 0 Å². The summed E-state index contributed by atoms with van der Waals surface area (Å²) in [5.74, 6) is -0.867. The predicted octanol–water partition coefficient (Wildman–Crippen LogP) is 3.69.